The molecule has 3 N–H and O–H groups in total. The topological polar surface area (TPSA) is 90.0 Å². The lowest BCUT2D eigenvalue weighted by Gasteiger charge is -2.60. The fraction of sp³-hybridized carbons (Fsp3) is 0.750. The predicted molar refractivity (Wildman–Crippen MR) is 71.2 cm³/mol. The number of halogens is 3. The lowest BCUT2D eigenvalue weighted by Crippen LogP contribution is -2.69. The van der Waals surface area contributed by atoms with Crippen LogP contribution in [0.25, 0.3) is 0 Å². The van der Waals surface area contributed by atoms with Gasteiger partial charge in [0.2, 0.25) is 0 Å². The number of aromatic nitrogens is 2. The van der Waals surface area contributed by atoms with E-state index in [0.29, 0.717) is 12.5 Å². The molecule has 2 saturated carbocycles. The van der Waals surface area contributed by atoms with Crippen molar-refractivity contribution >= 4 is 10.0 Å². The normalized spacial score (nSPS) is 27.5. The van der Waals surface area contributed by atoms with Crippen molar-refractivity contribution in [2.75, 3.05) is 0 Å². The van der Waals surface area contributed by atoms with Crippen LogP contribution in [0.1, 0.15) is 31.4 Å². The first kappa shape index (κ1) is 15.8. The minimum absolute atomic E-state index is 0.0498. The van der Waals surface area contributed by atoms with E-state index in [2.05, 4.69) is 9.82 Å². The number of alkyl halides is 3. The first-order valence-corrected chi connectivity index (χ1v) is 8.44. The highest BCUT2D eigenvalue weighted by atomic mass is 32.2. The molecule has 6 nitrogen and oxygen atoms in total. The molecule has 1 aromatic heterocycles. The van der Waals surface area contributed by atoms with Crippen molar-refractivity contribution in [1.29, 1.82) is 0 Å². The molecule has 3 rings (SSSR count). The summed E-state index contributed by atoms with van der Waals surface area (Å²) in [4.78, 5) is 0. The molecule has 22 heavy (non-hydrogen) atoms. The molecule has 1 aromatic rings. The van der Waals surface area contributed by atoms with Crippen LogP contribution in [0.2, 0.25) is 0 Å². The molecular weight excluding hydrogens is 321 g/mol. The van der Waals surface area contributed by atoms with Crippen LogP contribution < -0.4 is 10.5 Å². The van der Waals surface area contributed by atoms with Gasteiger partial charge in [-0.15, -0.1) is 0 Å². The average Bonchev–Trinajstić information content (AvgIpc) is 2.68. The molecule has 2 aliphatic rings. The molecule has 0 bridgehead atoms. The number of nitrogens with two attached hydrogens (primary N) is 1. The van der Waals surface area contributed by atoms with E-state index in [-0.39, 0.29) is 17.5 Å². The minimum atomic E-state index is -4.68. The summed E-state index contributed by atoms with van der Waals surface area (Å²) in [5.41, 5.74) is 4.51. The molecule has 124 valence electrons. The summed E-state index contributed by atoms with van der Waals surface area (Å²) in [7, 11) is -2.89. The smallest absolute Gasteiger partial charge is 0.327 e. The summed E-state index contributed by atoms with van der Waals surface area (Å²) in [5, 5.41) is 2.74. The third-order valence-electron chi connectivity index (χ3n) is 4.91. The van der Waals surface area contributed by atoms with Gasteiger partial charge in [0, 0.05) is 30.6 Å². The van der Waals surface area contributed by atoms with Crippen molar-refractivity contribution in [1.82, 2.24) is 14.5 Å². The van der Waals surface area contributed by atoms with Gasteiger partial charge in [0.25, 0.3) is 10.0 Å². The van der Waals surface area contributed by atoms with Crippen LogP contribution in [0.3, 0.4) is 0 Å². The van der Waals surface area contributed by atoms with E-state index in [9.17, 15) is 21.6 Å². The third kappa shape index (κ3) is 2.24. The number of sulfonamides is 1. The van der Waals surface area contributed by atoms with Gasteiger partial charge < -0.3 is 5.73 Å². The van der Waals surface area contributed by atoms with E-state index in [4.69, 9.17) is 5.73 Å². The zero-order valence-corrected chi connectivity index (χ0v) is 12.7. The number of rotatable bonds is 3. The summed E-state index contributed by atoms with van der Waals surface area (Å²) in [5.74, 6) is 0. The van der Waals surface area contributed by atoms with Crippen LogP contribution in [-0.4, -0.2) is 30.3 Å². The van der Waals surface area contributed by atoms with Gasteiger partial charge in [-0.05, 0) is 19.3 Å². The van der Waals surface area contributed by atoms with Crippen LogP contribution in [0, 0.1) is 5.41 Å². The molecule has 0 aromatic carbocycles. The van der Waals surface area contributed by atoms with Gasteiger partial charge in [-0.3, -0.25) is 4.68 Å². The Kier molecular flexibility index (Phi) is 3.35. The van der Waals surface area contributed by atoms with Crippen LogP contribution in [-0.2, 0) is 23.2 Å². The molecule has 0 radical (unpaired) electrons. The number of nitrogens with one attached hydrogen (secondary N) is 1. The molecule has 2 fully saturated rings. The van der Waals surface area contributed by atoms with E-state index >= 15 is 0 Å². The monoisotopic (exact) mass is 338 g/mol. The summed E-state index contributed by atoms with van der Waals surface area (Å²) < 4.78 is 65.9. The molecule has 0 saturated heterocycles. The number of aryl methyl sites for hydroxylation is 1. The molecule has 0 amide bonds. The Balaban J connectivity index is 1.84. The van der Waals surface area contributed by atoms with Gasteiger partial charge >= 0.3 is 6.18 Å². The van der Waals surface area contributed by atoms with Gasteiger partial charge in [0.15, 0.2) is 10.7 Å². The maximum absolute atomic E-state index is 12.6. The van der Waals surface area contributed by atoms with Gasteiger partial charge in [0.1, 0.15) is 0 Å². The minimum Gasteiger partial charge on any atom is -0.327 e. The first-order chi connectivity index (χ1) is 10.1. The van der Waals surface area contributed by atoms with Crippen molar-refractivity contribution in [3.05, 3.63) is 11.8 Å². The van der Waals surface area contributed by atoms with Crippen molar-refractivity contribution in [2.45, 2.75) is 49.0 Å². The van der Waals surface area contributed by atoms with Crippen molar-refractivity contribution < 1.29 is 21.6 Å². The fourth-order valence-corrected chi connectivity index (χ4v) is 4.86. The Bertz CT molecular complexity index is 694. The summed E-state index contributed by atoms with van der Waals surface area (Å²) in [6.07, 6.45) is -1.49. The standard InChI is InChI=1S/C12H17F3N4O2S/c1-19-10(6-9(17-19)12(13,14)15)22(20,21)18-8-5-7(16)11(8)3-2-4-11/h6-8,18H,2-5,16H2,1H3. The maximum atomic E-state index is 12.6. The lowest BCUT2D eigenvalue weighted by atomic mass is 9.50. The quantitative estimate of drug-likeness (QED) is 0.860. The van der Waals surface area contributed by atoms with Crippen LogP contribution >= 0.6 is 0 Å². The third-order valence-corrected chi connectivity index (χ3v) is 6.43. The highest BCUT2D eigenvalue weighted by molar-refractivity contribution is 7.89. The second-order valence-corrected chi connectivity index (χ2v) is 7.75. The van der Waals surface area contributed by atoms with Gasteiger partial charge in [-0.2, -0.15) is 18.3 Å². The Morgan fingerprint density at radius 3 is 2.50 bits per heavy atom. The molecule has 1 spiro atoms. The van der Waals surface area contributed by atoms with E-state index in [0.717, 1.165) is 23.9 Å². The largest absolute Gasteiger partial charge is 0.435 e. The number of hydrogen-bond acceptors (Lipinski definition) is 4. The van der Waals surface area contributed by atoms with Crippen LogP contribution in [0.15, 0.2) is 11.1 Å². The van der Waals surface area contributed by atoms with E-state index in [1.807, 2.05) is 0 Å². The van der Waals surface area contributed by atoms with Crippen molar-refractivity contribution in [2.24, 2.45) is 18.2 Å². The SMILES string of the molecule is Cn1nc(C(F)(F)F)cc1S(=O)(=O)NC1CC(N)C12CCC2. The summed E-state index contributed by atoms with van der Waals surface area (Å²) in [6.45, 7) is 0. The predicted octanol–water partition coefficient (Wildman–Crippen LogP) is 0.987. The molecule has 0 aliphatic heterocycles. The highest BCUT2D eigenvalue weighted by Crippen LogP contribution is 2.55. The number of nitrogens with zero attached hydrogens (tertiary/aromatic N) is 2. The Labute approximate surface area is 125 Å². The number of hydrogen-bond donors (Lipinski definition) is 2. The summed E-state index contributed by atoms with van der Waals surface area (Å²) >= 11 is 0. The highest BCUT2D eigenvalue weighted by Gasteiger charge is 2.57. The van der Waals surface area contributed by atoms with E-state index in [1.165, 1.54) is 7.05 Å². The van der Waals surface area contributed by atoms with Crippen molar-refractivity contribution in [3.8, 4) is 0 Å². The Morgan fingerprint density at radius 1 is 1.45 bits per heavy atom. The second-order valence-electron chi connectivity index (χ2n) is 6.09. The van der Waals surface area contributed by atoms with E-state index < -0.39 is 26.9 Å². The molecular formula is C12H17F3N4O2S. The molecule has 2 aliphatic carbocycles. The van der Waals surface area contributed by atoms with E-state index in [1.54, 1.807) is 0 Å². The Morgan fingerprint density at radius 2 is 2.09 bits per heavy atom. The van der Waals surface area contributed by atoms with Crippen LogP contribution in [0.4, 0.5) is 13.2 Å². The first-order valence-electron chi connectivity index (χ1n) is 6.95. The average molecular weight is 338 g/mol. The Hall–Kier alpha value is -1.13. The van der Waals surface area contributed by atoms with Gasteiger partial charge in [-0.25, -0.2) is 13.1 Å². The molecule has 10 heteroatoms. The molecule has 2 unspecified atom stereocenters. The zero-order valence-electron chi connectivity index (χ0n) is 11.9. The molecule has 2 atom stereocenters. The van der Waals surface area contributed by atoms with Crippen molar-refractivity contribution in [3.63, 3.8) is 0 Å². The zero-order chi connectivity index (χ0) is 16.3. The van der Waals surface area contributed by atoms with Gasteiger partial charge in [-0.1, -0.05) is 6.42 Å². The second kappa shape index (κ2) is 4.68. The fourth-order valence-electron chi connectivity index (χ4n) is 3.38. The lowest BCUT2D eigenvalue weighted by molar-refractivity contribution is -0.141. The van der Waals surface area contributed by atoms with Gasteiger partial charge in [0.05, 0.1) is 0 Å². The van der Waals surface area contributed by atoms with Crippen LogP contribution in [0.5, 0.6) is 0 Å². The maximum Gasteiger partial charge on any atom is 0.435 e. The summed E-state index contributed by atoms with van der Waals surface area (Å²) in [6, 6.07) is 0.186. The molecule has 1 heterocycles.